The molecule has 0 aromatic heterocycles. The molecule has 0 radical (unpaired) electrons. The van der Waals surface area contributed by atoms with Crippen LogP contribution in [0.3, 0.4) is 0 Å². The Hall–Kier alpha value is -1.44. The van der Waals surface area contributed by atoms with Crippen molar-refractivity contribution in [1.29, 1.82) is 5.26 Å². The summed E-state index contributed by atoms with van der Waals surface area (Å²) in [5.74, 6) is -0.0702. The van der Waals surface area contributed by atoms with Gasteiger partial charge in [-0.1, -0.05) is 13.8 Å². The first-order chi connectivity index (χ1) is 8.08. The molecule has 1 atom stereocenters. The number of aliphatic hydroxyl groups excluding tert-OH is 1. The molecule has 0 saturated carbocycles. The van der Waals surface area contributed by atoms with Gasteiger partial charge in [0.15, 0.2) is 0 Å². The maximum Gasteiger partial charge on any atom is 0.127 e. The van der Waals surface area contributed by atoms with Gasteiger partial charge in [-0.15, -0.1) is 0 Å². The third kappa shape index (κ3) is 3.81. The summed E-state index contributed by atoms with van der Waals surface area (Å²) in [5.41, 5.74) is 0.886. The van der Waals surface area contributed by atoms with Crippen LogP contribution in [0.1, 0.15) is 25.0 Å². The van der Waals surface area contributed by atoms with Gasteiger partial charge < -0.3 is 10.4 Å². The number of halogens is 1. The minimum atomic E-state index is -0.336. The highest BCUT2D eigenvalue weighted by molar-refractivity contribution is 5.33. The van der Waals surface area contributed by atoms with E-state index in [-0.39, 0.29) is 24.4 Å². The van der Waals surface area contributed by atoms with Gasteiger partial charge in [0, 0.05) is 18.2 Å². The smallest absolute Gasteiger partial charge is 0.127 e. The zero-order chi connectivity index (χ0) is 12.8. The van der Waals surface area contributed by atoms with Crippen LogP contribution in [0.5, 0.6) is 0 Å². The summed E-state index contributed by atoms with van der Waals surface area (Å²) in [4.78, 5) is 0. The van der Waals surface area contributed by atoms with Gasteiger partial charge in [0.05, 0.1) is 18.2 Å². The Kier molecular flexibility index (Phi) is 5.08. The van der Waals surface area contributed by atoms with Crippen LogP contribution in [0, 0.1) is 23.1 Å². The first-order valence-electron chi connectivity index (χ1n) is 5.61. The number of benzene rings is 1. The van der Waals surface area contributed by atoms with Crippen molar-refractivity contribution in [3.63, 3.8) is 0 Å². The molecule has 0 heterocycles. The third-order valence-corrected chi connectivity index (χ3v) is 2.73. The van der Waals surface area contributed by atoms with Gasteiger partial charge in [-0.2, -0.15) is 5.26 Å². The van der Waals surface area contributed by atoms with Crippen LogP contribution in [0.4, 0.5) is 4.39 Å². The van der Waals surface area contributed by atoms with Crippen LogP contribution < -0.4 is 5.32 Å². The van der Waals surface area contributed by atoms with Crippen molar-refractivity contribution in [3.05, 3.63) is 35.1 Å². The molecule has 1 aromatic rings. The van der Waals surface area contributed by atoms with Crippen LogP contribution in [0.25, 0.3) is 0 Å². The fraction of sp³-hybridized carbons (Fsp3) is 0.462. The lowest BCUT2D eigenvalue weighted by Gasteiger charge is -2.20. The Morgan fingerprint density at radius 2 is 2.18 bits per heavy atom. The van der Waals surface area contributed by atoms with Crippen molar-refractivity contribution in [2.75, 3.05) is 6.61 Å². The number of nitrogens with zero attached hydrogens (tertiary/aromatic N) is 1. The molecule has 0 amide bonds. The molecule has 0 aliphatic rings. The van der Waals surface area contributed by atoms with Crippen LogP contribution in [0.15, 0.2) is 18.2 Å². The summed E-state index contributed by atoms with van der Waals surface area (Å²) in [7, 11) is 0. The average Bonchev–Trinajstić information content (AvgIpc) is 2.31. The molecular weight excluding hydrogens is 219 g/mol. The molecule has 0 aliphatic heterocycles. The molecule has 2 N–H and O–H groups in total. The van der Waals surface area contributed by atoms with E-state index in [0.717, 1.165) is 0 Å². The van der Waals surface area contributed by atoms with E-state index in [1.807, 2.05) is 19.9 Å². The molecule has 92 valence electrons. The van der Waals surface area contributed by atoms with E-state index < -0.39 is 0 Å². The summed E-state index contributed by atoms with van der Waals surface area (Å²) in [6.45, 7) is 4.29. The summed E-state index contributed by atoms with van der Waals surface area (Å²) in [5, 5.41) is 20.9. The van der Waals surface area contributed by atoms with Crippen LogP contribution >= 0.6 is 0 Å². The molecule has 17 heavy (non-hydrogen) atoms. The molecule has 0 saturated heterocycles. The third-order valence-electron chi connectivity index (χ3n) is 2.73. The number of nitriles is 1. The second kappa shape index (κ2) is 6.33. The fourth-order valence-electron chi connectivity index (χ4n) is 1.53. The zero-order valence-corrected chi connectivity index (χ0v) is 10.1. The quantitative estimate of drug-likeness (QED) is 0.819. The molecule has 1 rings (SSSR count). The Bertz CT molecular complexity index is 412. The summed E-state index contributed by atoms with van der Waals surface area (Å²) in [6.07, 6.45) is 0. The van der Waals surface area contributed by atoms with Crippen molar-refractivity contribution >= 4 is 0 Å². The first-order valence-corrected chi connectivity index (χ1v) is 5.61. The molecule has 0 fully saturated rings. The molecule has 4 heteroatoms. The number of rotatable bonds is 5. The van der Waals surface area contributed by atoms with Gasteiger partial charge in [-0.3, -0.25) is 0 Å². The Labute approximate surface area is 101 Å². The van der Waals surface area contributed by atoms with E-state index in [4.69, 9.17) is 10.4 Å². The van der Waals surface area contributed by atoms with Crippen LogP contribution in [-0.2, 0) is 6.54 Å². The van der Waals surface area contributed by atoms with Gasteiger partial charge in [0.1, 0.15) is 5.82 Å². The largest absolute Gasteiger partial charge is 0.395 e. The SMILES string of the molecule is CC(C)[C@@H](CO)NCc1cc(C#N)ccc1F. The Balaban J connectivity index is 2.71. The van der Waals surface area contributed by atoms with Gasteiger partial charge >= 0.3 is 0 Å². The van der Waals surface area contributed by atoms with Crippen LogP contribution in [0.2, 0.25) is 0 Å². The molecule has 0 unspecified atom stereocenters. The predicted octanol–water partition coefficient (Wildman–Crippen LogP) is 1.80. The van der Waals surface area contributed by atoms with E-state index in [1.54, 1.807) is 0 Å². The second-order valence-corrected chi connectivity index (χ2v) is 4.33. The zero-order valence-electron chi connectivity index (χ0n) is 10.1. The van der Waals surface area contributed by atoms with Gasteiger partial charge in [0.25, 0.3) is 0 Å². The van der Waals surface area contributed by atoms with Gasteiger partial charge in [-0.25, -0.2) is 4.39 Å². The van der Waals surface area contributed by atoms with Crippen molar-refractivity contribution in [2.24, 2.45) is 5.92 Å². The Morgan fingerprint density at radius 3 is 2.71 bits per heavy atom. The summed E-state index contributed by atoms with van der Waals surface area (Å²) >= 11 is 0. The minimum absolute atomic E-state index is 0.0111. The maximum atomic E-state index is 13.4. The second-order valence-electron chi connectivity index (χ2n) is 4.33. The molecule has 0 bridgehead atoms. The summed E-state index contributed by atoms with van der Waals surface area (Å²) < 4.78 is 13.4. The fourth-order valence-corrected chi connectivity index (χ4v) is 1.53. The van der Waals surface area contributed by atoms with Gasteiger partial charge in [-0.05, 0) is 24.1 Å². The number of hydrogen-bond donors (Lipinski definition) is 2. The average molecular weight is 236 g/mol. The monoisotopic (exact) mass is 236 g/mol. The Morgan fingerprint density at radius 1 is 1.47 bits per heavy atom. The van der Waals surface area contributed by atoms with Crippen molar-refractivity contribution < 1.29 is 9.50 Å². The summed E-state index contributed by atoms with van der Waals surface area (Å²) in [6, 6.07) is 6.17. The van der Waals surface area contributed by atoms with Crippen LogP contribution in [-0.4, -0.2) is 17.8 Å². The molecule has 1 aromatic carbocycles. The standard InChI is InChI=1S/C13H17FN2O/c1-9(2)13(8-17)16-7-11-5-10(6-15)3-4-12(11)14/h3-5,9,13,16-17H,7-8H2,1-2H3/t13-/m1/s1. The van der Waals surface area contributed by atoms with Crippen molar-refractivity contribution in [1.82, 2.24) is 5.32 Å². The number of aliphatic hydroxyl groups is 1. The lowest BCUT2D eigenvalue weighted by molar-refractivity contribution is 0.209. The predicted molar refractivity (Wildman–Crippen MR) is 63.7 cm³/mol. The van der Waals surface area contributed by atoms with E-state index in [9.17, 15) is 4.39 Å². The van der Waals surface area contributed by atoms with Crippen molar-refractivity contribution in [2.45, 2.75) is 26.4 Å². The normalized spacial score (nSPS) is 12.5. The molecule has 3 nitrogen and oxygen atoms in total. The maximum absolute atomic E-state index is 13.4. The molecule has 0 aliphatic carbocycles. The minimum Gasteiger partial charge on any atom is -0.395 e. The highest BCUT2D eigenvalue weighted by Gasteiger charge is 2.12. The van der Waals surface area contributed by atoms with Crippen molar-refractivity contribution in [3.8, 4) is 6.07 Å². The highest BCUT2D eigenvalue weighted by Crippen LogP contribution is 2.11. The topological polar surface area (TPSA) is 56.0 Å². The number of hydrogen-bond acceptors (Lipinski definition) is 3. The van der Waals surface area contributed by atoms with E-state index in [0.29, 0.717) is 17.7 Å². The lowest BCUT2D eigenvalue weighted by atomic mass is 10.0. The lowest BCUT2D eigenvalue weighted by Crippen LogP contribution is -2.36. The number of nitrogens with one attached hydrogen (secondary N) is 1. The first kappa shape index (κ1) is 13.6. The van der Waals surface area contributed by atoms with E-state index >= 15 is 0 Å². The molecule has 0 spiro atoms. The van der Waals surface area contributed by atoms with Gasteiger partial charge in [0.2, 0.25) is 0 Å². The molecular formula is C13H17FN2O. The van der Waals surface area contributed by atoms with E-state index in [2.05, 4.69) is 5.32 Å². The highest BCUT2D eigenvalue weighted by atomic mass is 19.1. The van der Waals surface area contributed by atoms with E-state index in [1.165, 1.54) is 18.2 Å².